The molecule has 0 aromatic heterocycles. The Morgan fingerprint density at radius 1 is 1.17 bits per heavy atom. The average Bonchev–Trinajstić information content (AvgIpc) is 2.58. The molecule has 0 spiro atoms. The van der Waals surface area contributed by atoms with Crippen molar-refractivity contribution < 1.29 is 13.2 Å². The van der Waals surface area contributed by atoms with E-state index in [0.717, 1.165) is 25.8 Å². The minimum atomic E-state index is -3.19. The van der Waals surface area contributed by atoms with Crippen molar-refractivity contribution in [3.05, 3.63) is 0 Å². The average molecular weight is 360 g/mol. The number of amides is 1. The maximum absolute atomic E-state index is 12.3. The second kappa shape index (κ2) is 9.15. The third-order valence-electron chi connectivity index (χ3n) is 5.37. The van der Waals surface area contributed by atoms with Crippen LogP contribution in [0.1, 0.15) is 51.9 Å². The molecule has 2 saturated heterocycles. The van der Waals surface area contributed by atoms with E-state index in [1.54, 1.807) is 0 Å². The van der Waals surface area contributed by atoms with Gasteiger partial charge in [-0.25, -0.2) is 12.7 Å². The van der Waals surface area contributed by atoms with Gasteiger partial charge in [0, 0.05) is 32.2 Å². The van der Waals surface area contributed by atoms with Crippen LogP contribution < -0.4 is 5.32 Å². The maximum atomic E-state index is 12.3. The minimum absolute atomic E-state index is 0.00837. The number of sulfonamides is 1. The van der Waals surface area contributed by atoms with Crippen molar-refractivity contribution >= 4 is 15.9 Å². The topological polar surface area (TPSA) is 69.7 Å². The van der Waals surface area contributed by atoms with E-state index in [0.29, 0.717) is 25.7 Å². The molecule has 2 fully saturated rings. The molecule has 2 aliphatic rings. The maximum Gasteiger partial charge on any atom is 0.224 e. The molecule has 0 unspecified atom stereocenters. The van der Waals surface area contributed by atoms with Crippen LogP contribution in [0.2, 0.25) is 0 Å². The van der Waals surface area contributed by atoms with Crippen molar-refractivity contribution in [3.8, 4) is 0 Å². The highest BCUT2D eigenvalue weighted by Gasteiger charge is 2.30. The predicted octanol–water partition coefficient (Wildman–Crippen LogP) is 1.43. The van der Waals surface area contributed by atoms with Crippen LogP contribution in [0.25, 0.3) is 0 Å². The lowest BCUT2D eigenvalue weighted by Crippen LogP contribution is -2.45. The van der Waals surface area contributed by atoms with Crippen LogP contribution >= 0.6 is 0 Å². The standard InChI is InChI=1S/C17H33N3O3S/c1-3-16-9-4-5-11-19(16)12-7-10-18-17(21)15-8-6-13-20(14-15)24(2,22)23/h15-16H,3-14H2,1-2H3,(H,18,21)/t15-,16-/m0/s1. The van der Waals surface area contributed by atoms with Gasteiger partial charge in [0.1, 0.15) is 0 Å². The van der Waals surface area contributed by atoms with Gasteiger partial charge in [-0.1, -0.05) is 13.3 Å². The quantitative estimate of drug-likeness (QED) is 0.698. The second-order valence-corrected chi connectivity index (χ2v) is 9.18. The van der Waals surface area contributed by atoms with Crippen LogP contribution in [-0.4, -0.2) is 68.6 Å². The number of nitrogens with one attached hydrogen (secondary N) is 1. The van der Waals surface area contributed by atoms with Gasteiger partial charge in [0.05, 0.1) is 12.2 Å². The van der Waals surface area contributed by atoms with Gasteiger partial charge in [-0.2, -0.15) is 0 Å². The van der Waals surface area contributed by atoms with Crippen molar-refractivity contribution in [2.45, 2.75) is 57.9 Å². The largest absolute Gasteiger partial charge is 0.356 e. The van der Waals surface area contributed by atoms with Crippen molar-refractivity contribution in [3.63, 3.8) is 0 Å². The number of rotatable bonds is 7. The van der Waals surface area contributed by atoms with E-state index < -0.39 is 10.0 Å². The van der Waals surface area contributed by atoms with E-state index >= 15 is 0 Å². The zero-order valence-corrected chi connectivity index (χ0v) is 16.0. The van der Waals surface area contributed by atoms with E-state index in [1.807, 2.05) is 0 Å². The van der Waals surface area contributed by atoms with Crippen LogP contribution in [0.15, 0.2) is 0 Å². The van der Waals surface area contributed by atoms with E-state index in [2.05, 4.69) is 17.1 Å². The van der Waals surface area contributed by atoms with Crippen molar-refractivity contribution in [1.29, 1.82) is 0 Å². The van der Waals surface area contributed by atoms with Gasteiger partial charge in [0.15, 0.2) is 0 Å². The molecule has 2 atom stereocenters. The number of likely N-dealkylation sites (tertiary alicyclic amines) is 1. The first kappa shape index (κ1) is 19.7. The Bertz CT molecular complexity index is 509. The molecule has 140 valence electrons. The summed E-state index contributed by atoms with van der Waals surface area (Å²) in [4.78, 5) is 14.9. The molecule has 0 aromatic rings. The lowest BCUT2D eigenvalue weighted by Gasteiger charge is -2.35. The molecule has 0 aliphatic carbocycles. The van der Waals surface area contributed by atoms with Crippen molar-refractivity contribution in [2.24, 2.45) is 5.92 Å². The fourth-order valence-electron chi connectivity index (χ4n) is 3.91. The summed E-state index contributed by atoms with van der Waals surface area (Å²) in [5.74, 6) is -0.194. The smallest absolute Gasteiger partial charge is 0.224 e. The summed E-state index contributed by atoms with van der Waals surface area (Å²) >= 11 is 0. The molecule has 1 N–H and O–H groups in total. The molecule has 7 heteroatoms. The number of hydrogen-bond donors (Lipinski definition) is 1. The summed E-state index contributed by atoms with van der Waals surface area (Å²) in [5.41, 5.74) is 0. The minimum Gasteiger partial charge on any atom is -0.356 e. The first-order chi connectivity index (χ1) is 11.4. The van der Waals surface area contributed by atoms with Gasteiger partial charge < -0.3 is 10.2 Å². The third-order valence-corrected chi connectivity index (χ3v) is 6.64. The molecule has 0 radical (unpaired) electrons. The van der Waals surface area contributed by atoms with Crippen molar-refractivity contribution in [2.75, 3.05) is 39.0 Å². The number of carbonyl (C=O) groups is 1. The van der Waals surface area contributed by atoms with Crippen LogP contribution in [0.5, 0.6) is 0 Å². The number of carbonyl (C=O) groups excluding carboxylic acids is 1. The molecule has 2 rings (SSSR count). The summed E-state index contributed by atoms with van der Waals surface area (Å²) in [6.45, 7) is 6.02. The monoisotopic (exact) mass is 359 g/mol. The van der Waals surface area contributed by atoms with Gasteiger partial charge in [-0.05, 0) is 45.1 Å². The van der Waals surface area contributed by atoms with Crippen LogP contribution in [0.4, 0.5) is 0 Å². The van der Waals surface area contributed by atoms with E-state index in [-0.39, 0.29) is 11.8 Å². The molecule has 1 amide bonds. The molecule has 0 aromatic carbocycles. The van der Waals surface area contributed by atoms with Gasteiger partial charge in [0.2, 0.25) is 15.9 Å². The molecule has 2 aliphatic heterocycles. The summed E-state index contributed by atoms with van der Waals surface area (Å²) in [6.07, 6.45) is 8.85. The molecular formula is C17H33N3O3S. The van der Waals surface area contributed by atoms with Gasteiger partial charge in [-0.3, -0.25) is 4.79 Å². The second-order valence-electron chi connectivity index (χ2n) is 7.20. The number of piperidine rings is 2. The van der Waals surface area contributed by atoms with E-state index in [9.17, 15) is 13.2 Å². The summed E-state index contributed by atoms with van der Waals surface area (Å²) < 4.78 is 24.7. The Balaban J connectivity index is 1.69. The molecule has 24 heavy (non-hydrogen) atoms. The van der Waals surface area contributed by atoms with Crippen LogP contribution in [-0.2, 0) is 14.8 Å². The zero-order valence-electron chi connectivity index (χ0n) is 15.2. The number of hydrogen-bond acceptors (Lipinski definition) is 4. The van der Waals surface area contributed by atoms with Crippen LogP contribution in [0.3, 0.4) is 0 Å². The summed E-state index contributed by atoms with van der Waals surface area (Å²) in [7, 11) is -3.19. The van der Waals surface area contributed by atoms with E-state index in [1.165, 1.54) is 42.8 Å². The Labute approximate surface area is 147 Å². The highest BCUT2D eigenvalue weighted by molar-refractivity contribution is 7.88. The van der Waals surface area contributed by atoms with Gasteiger partial charge in [0.25, 0.3) is 0 Å². The Morgan fingerprint density at radius 3 is 2.67 bits per heavy atom. The Morgan fingerprint density at radius 2 is 1.96 bits per heavy atom. The van der Waals surface area contributed by atoms with Crippen molar-refractivity contribution in [1.82, 2.24) is 14.5 Å². The molecule has 0 bridgehead atoms. The lowest BCUT2D eigenvalue weighted by molar-refractivity contribution is -0.126. The SMILES string of the molecule is CC[C@H]1CCCCN1CCCNC(=O)[C@H]1CCCN(S(C)(=O)=O)C1. The lowest BCUT2D eigenvalue weighted by atomic mass is 9.98. The Hall–Kier alpha value is -0.660. The van der Waals surface area contributed by atoms with Crippen LogP contribution in [0, 0.1) is 5.92 Å². The van der Waals surface area contributed by atoms with Gasteiger partial charge >= 0.3 is 0 Å². The zero-order chi connectivity index (χ0) is 17.6. The highest BCUT2D eigenvalue weighted by atomic mass is 32.2. The molecule has 6 nitrogen and oxygen atoms in total. The number of nitrogens with zero attached hydrogens (tertiary/aromatic N) is 2. The summed E-state index contributed by atoms with van der Waals surface area (Å²) in [6, 6.07) is 0.705. The normalized spacial score (nSPS) is 27.1. The molecule has 0 saturated carbocycles. The molecule has 2 heterocycles. The van der Waals surface area contributed by atoms with E-state index in [4.69, 9.17) is 0 Å². The van der Waals surface area contributed by atoms with Gasteiger partial charge in [-0.15, -0.1) is 0 Å². The molecular weight excluding hydrogens is 326 g/mol. The first-order valence-corrected chi connectivity index (χ1v) is 11.2. The first-order valence-electron chi connectivity index (χ1n) is 9.38. The Kier molecular flexibility index (Phi) is 7.50. The summed E-state index contributed by atoms with van der Waals surface area (Å²) in [5, 5.41) is 3.01. The highest BCUT2D eigenvalue weighted by Crippen LogP contribution is 2.20. The predicted molar refractivity (Wildman–Crippen MR) is 96.3 cm³/mol. The fraction of sp³-hybridized carbons (Fsp3) is 0.941. The fourth-order valence-corrected chi connectivity index (χ4v) is 4.82. The third kappa shape index (κ3) is 5.70.